The summed E-state index contributed by atoms with van der Waals surface area (Å²) in [5, 5.41) is 0. The molecule has 1 heterocycles. The molecule has 5 heteroatoms. The Labute approximate surface area is 96.3 Å². The van der Waals surface area contributed by atoms with Gasteiger partial charge in [-0.3, -0.25) is 0 Å². The fourth-order valence-electron chi connectivity index (χ4n) is 2.66. The molecule has 0 aromatic heterocycles. The first-order valence-electron chi connectivity index (χ1n) is 5.77. The molecule has 0 aromatic rings. The van der Waals surface area contributed by atoms with Gasteiger partial charge in [-0.2, -0.15) is 0 Å². The van der Waals surface area contributed by atoms with Crippen molar-refractivity contribution in [3.63, 3.8) is 0 Å². The second kappa shape index (κ2) is 4.59. The highest BCUT2D eigenvalue weighted by molar-refractivity contribution is 5.74. The minimum Gasteiger partial charge on any atom is -0.379 e. The first-order valence-corrected chi connectivity index (χ1v) is 5.77. The zero-order valence-corrected chi connectivity index (χ0v) is 10.2. The van der Waals surface area contributed by atoms with Crippen LogP contribution < -0.4 is 0 Å². The summed E-state index contributed by atoms with van der Waals surface area (Å²) in [4.78, 5) is 15.5. The summed E-state index contributed by atoms with van der Waals surface area (Å²) in [6, 6.07) is 0.267. The lowest BCUT2D eigenvalue weighted by atomic mass is 10.1. The number of morpholine rings is 1. The van der Waals surface area contributed by atoms with Crippen LogP contribution in [0.4, 0.5) is 4.79 Å². The molecule has 1 aliphatic heterocycles. The van der Waals surface area contributed by atoms with Crippen LogP contribution in [0.3, 0.4) is 0 Å². The molecular weight excluding hydrogens is 208 g/mol. The number of rotatable bonds is 1. The third-order valence-corrected chi connectivity index (χ3v) is 3.47. The fourth-order valence-corrected chi connectivity index (χ4v) is 2.66. The quantitative estimate of drug-likeness (QED) is 0.658. The molecule has 1 aliphatic carbocycles. The van der Waals surface area contributed by atoms with E-state index in [1.807, 2.05) is 4.90 Å². The maximum absolute atomic E-state index is 12.0. The van der Waals surface area contributed by atoms with Gasteiger partial charge < -0.3 is 19.3 Å². The normalized spacial score (nSPS) is 33.7. The van der Waals surface area contributed by atoms with Crippen molar-refractivity contribution in [3.05, 3.63) is 0 Å². The Bertz CT molecular complexity index is 270. The zero-order chi connectivity index (χ0) is 11.7. The van der Waals surface area contributed by atoms with Gasteiger partial charge in [0.15, 0.2) is 0 Å². The number of urea groups is 1. The second-order valence-electron chi connectivity index (χ2n) is 4.62. The highest BCUT2D eigenvalue weighted by Gasteiger charge is 2.44. The average Bonchev–Trinajstić information content (AvgIpc) is 2.70. The van der Waals surface area contributed by atoms with Gasteiger partial charge in [-0.25, -0.2) is 4.79 Å². The number of carbonyl (C=O) groups excluding carboxylic acids is 1. The monoisotopic (exact) mass is 228 g/mol. The number of nitrogens with zero attached hydrogens (tertiary/aromatic N) is 2. The van der Waals surface area contributed by atoms with Gasteiger partial charge in [0.05, 0.1) is 18.8 Å². The molecule has 0 bridgehead atoms. The first-order chi connectivity index (χ1) is 7.65. The van der Waals surface area contributed by atoms with Crippen molar-refractivity contribution in [1.29, 1.82) is 0 Å². The zero-order valence-electron chi connectivity index (χ0n) is 10.2. The molecule has 0 radical (unpaired) electrons. The summed E-state index contributed by atoms with van der Waals surface area (Å²) in [5.41, 5.74) is 0. The molecule has 16 heavy (non-hydrogen) atoms. The second-order valence-corrected chi connectivity index (χ2v) is 4.62. The van der Waals surface area contributed by atoms with Crippen molar-refractivity contribution < 1.29 is 14.3 Å². The Morgan fingerprint density at radius 2 is 2.19 bits per heavy atom. The van der Waals surface area contributed by atoms with E-state index in [2.05, 4.69) is 0 Å². The maximum Gasteiger partial charge on any atom is 0.319 e. The van der Waals surface area contributed by atoms with Crippen molar-refractivity contribution in [1.82, 2.24) is 9.80 Å². The van der Waals surface area contributed by atoms with Gasteiger partial charge >= 0.3 is 6.03 Å². The Kier molecular flexibility index (Phi) is 3.35. The van der Waals surface area contributed by atoms with Crippen molar-refractivity contribution in [2.75, 3.05) is 34.4 Å². The van der Waals surface area contributed by atoms with Gasteiger partial charge in [0.1, 0.15) is 6.10 Å². The molecule has 2 rings (SSSR count). The molecule has 2 amide bonds. The predicted molar refractivity (Wildman–Crippen MR) is 59.3 cm³/mol. The number of carbonyl (C=O) groups is 1. The van der Waals surface area contributed by atoms with Crippen LogP contribution >= 0.6 is 0 Å². The van der Waals surface area contributed by atoms with Crippen LogP contribution in [0.25, 0.3) is 0 Å². The van der Waals surface area contributed by atoms with E-state index in [1.165, 1.54) is 0 Å². The lowest BCUT2D eigenvalue weighted by Crippen LogP contribution is -2.56. The Balaban J connectivity index is 2.08. The van der Waals surface area contributed by atoms with Gasteiger partial charge in [-0.1, -0.05) is 0 Å². The van der Waals surface area contributed by atoms with E-state index in [9.17, 15) is 4.79 Å². The molecule has 5 nitrogen and oxygen atoms in total. The van der Waals surface area contributed by atoms with E-state index in [0.29, 0.717) is 13.2 Å². The van der Waals surface area contributed by atoms with Crippen LogP contribution in [0.2, 0.25) is 0 Å². The summed E-state index contributed by atoms with van der Waals surface area (Å²) in [6.45, 7) is 1.30. The number of ether oxygens (including phenoxy) is 2. The molecule has 2 fully saturated rings. The molecule has 92 valence electrons. The SMILES string of the molecule is CO[C@H]1CC[C@@H]2[C@@H]1OCCN2C(=O)N(C)C. The Morgan fingerprint density at radius 1 is 1.44 bits per heavy atom. The van der Waals surface area contributed by atoms with E-state index in [1.54, 1.807) is 26.1 Å². The van der Waals surface area contributed by atoms with Crippen molar-refractivity contribution in [2.45, 2.75) is 31.1 Å². The van der Waals surface area contributed by atoms with Crippen LogP contribution in [0.5, 0.6) is 0 Å². The Morgan fingerprint density at radius 3 is 2.81 bits per heavy atom. The van der Waals surface area contributed by atoms with E-state index in [-0.39, 0.29) is 24.3 Å². The minimum absolute atomic E-state index is 0.0580. The topological polar surface area (TPSA) is 42.0 Å². The highest BCUT2D eigenvalue weighted by Crippen LogP contribution is 2.32. The number of hydrogen-bond acceptors (Lipinski definition) is 3. The van der Waals surface area contributed by atoms with E-state index in [4.69, 9.17) is 9.47 Å². The van der Waals surface area contributed by atoms with E-state index >= 15 is 0 Å². The van der Waals surface area contributed by atoms with Crippen LogP contribution in [-0.4, -0.2) is 68.4 Å². The number of amides is 2. The van der Waals surface area contributed by atoms with E-state index < -0.39 is 0 Å². The molecule has 0 aromatic carbocycles. The summed E-state index contributed by atoms with van der Waals surface area (Å²) in [6.07, 6.45) is 2.15. The van der Waals surface area contributed by atoms with E-state index in [0.717, 1.165) is 12.8 Å². The first kappa shape index (κ1) is 11.7. The molecule has 0 spiro atoms. The number of hydrogen-bond donors (Lipinski definition) is 0. The average molecular weight is 228 g/mol. The van der Waals surface area contributed by atoms with Crippen LogP contribution in [0, 0.1) is 0 Å². The van der Waals surface area contributed by atoms with Crippen LogP contribution in [0.15, 0.2) is 0 Å². The third kappa shape index (κ3) is 1.89. The van der Waals surface area contributed by atoms with Crippen molar-refractivity contribution in [3.8, 4) is 0 Å². The molecule has 3 atom stereocenters. The Hall–Kier alpha value is -0.810. The summed E-state index contributed by atoms with van der Waals surface area (Å²) in [7, 11) is 5.29. The lowest BCUT2D eigenvalue weighted by Gasteiger charge is -2.39. The summed E-state index contributed by atoms with van der Waals surface area (Å²) < 4.78 is 11.1. The molecule has 1 saturated carbocycles. The fraction of sp³-hybridized carbons (Fsp3) is 0.909. The molecule has 1 saturated heterocycles. The third-order valence-electron chi connectivity index (χ3n) is 3.47. The summed E-state index contributed by atoms with van der Waals surface area (Å²) >= 11 is 0. The summed E-state index contributed by atoms with van der Waals surface area (Å²) in [5.74, 6) is 0. The highest BCUT2D eigenvalue weighted by atomic mass is 16.5. The van der Waals surface area contributed by atoms with Crippen LogP contribution in [0.1, 0.15) is 12.8 Å². The predicted octanol–water partition coefficient (Wildman–Crippen LogP) is 0.546. The van der Waals surface area contributed by atoms with Gasteiger partial charge in [0.2, 0.25) is 0 Å². The minimum atomic E-state index is 0.0580. The lowest BCUT2D eigenvalue weighted by molar-refractivity contribution is -0.0943. The molecular formula is C11H20N2O3. The van der Waals surface area contributed by atoms with Crippen molar-refractivity contribution in [2.24, 2.45) is 0 Å². The van der Waals surface area contributed by atoms with Crippen molar-refractivity contribution >= 4 is 6.03 Å². The number of fused-ring (bicyclic) bond motifs is 1. The smallest absolute Gasteiger partial charge is 0.319 e. The standard InChI is InChI=1S/C11H20N2O3/c1-12(2)11(14)13-6-7-16-10-8(13)4-5-9(10)15-3/h8-10H,4-7H2,1-3H3/t8-,9+,10+/m1/s1. The van der Waals surface area contributed by atoms with Gasteiger partial charge in [0.25, 0.3) is 0 Å². The molecule has 2 aliphatic rings. The largest absolute Gasteiger partial charge is 0.379 e. The van der Waals surface area contributed by atoms with Gasteiger partial charge in [-0.05, 0) is 12.8 Å². The molecule has 0 unspecified atom stereocenters. The number of methoxy groups -OCH3 is 1. The maximum atomic E-state index is 12.0. The van der Waals surface area contributed by atoms with Gasteiger partial charge in [-0.15, -0.1) is 0 Å². The van der Waals surface area contributed by atoms with Crippen LogP contribution in [-0.2, 0) is 9.47 Å². The van der Waals surface area contributed by atoms with Gasteiger partial charge in [0, 0.05) is 27.7 Å². The molecule has 0 N–H and O–H groups in total.